The van der Waals surface area contributed by atoms with Crippen molar-refractivity contribution < 1.29 is 149 Å². The molecule has 4 aromatic carbocycles. The maximum Gasteiger partial charge on any atom is 0.407 e. The van der Waals surface area contributed by atoms with Crippen molar-refractivity contribution in [2.75, 3.05) is 190 Å². The van der Waals surface area contributed by atoms with Crippen LogP contribution in [0, 0.1) is 35.9 Å². The normalized spacial score (nSPS) is 19.2. The minimum absolute atomic E-state index is 0.0162. The number of unbranched alkanes of at least 4 members (excludes halogenated alkanes) is 1. The number of aryl methyl sites for hydroxylation is 1. The van der Waals surface area contributed by atoms with Crippen LogP contribution in [0.2, 0.25) is 0 Å². The molecule has 41 heteroatoms. The number of nitrogens with zero attached hydrogens (tertiary/aromatic N) is 4. The molecule has 7 heterocycles. The van der Waals surface area contributed by atoms with Crippen molar-refractivity contribution in [1.29, 1.82) is 0 Å². The summed E-state index contributed by atoms with van der Waals surface area (Å²) in [6.07, 6.45) is -8.79. The molecule has 6 aromatic rings. The number of hydrogen-bond donors (Lipinski definition) is 10. The molecule has 1 saturated carbocycles. The maximum atomic E-state index is 15.8. The van der Waals surface area contributed by atoms with Gasteiger partial charge in [-0.25, -0.2) is 23.8 Å². The average molecular weight is 1960 g/mol. The van der Waals surface area contributed by atoms with Crippen molar-refractivity contribution in [2.45, 2.75) is 166 Å². The summed E-state index contributed by atoms with van der Waals surface area (Å²) in [5.41, 5.74) is 3.76. The van der Waals surface area contributed by atoms with Crippen LogP contribution in [0.5, 0.6) is 5.75 Å². The second kappa shape index (κ2) is 52.6. The summed E-state index contributed by atoms with van der Waals surface area (Å²) >= 11 is 0. The van der Waals surface area contributed by atoms with Crippen LogP contribution in [0.1, 0.15) is 138 Å². The number of aliphatic hydroxyl groups is 4. The van der Waals surface area contributed by atoms with Crippen molar-refractivity contribution in [2.24, 2.45) is 11.3 Å². The van der Waals surface area contributed by atoms with E-state index in [9.17, 15) is 73.5 Å². The van der Waals surface area contributed by atoms with E-state index < -0.39 is 114 Å². The molecule has 760 valence electrons. The first-order chi connectivity index (χ1) is 67.9. The fraction of sp³-hybridized carbons (Fsp3) is 0.566. The molecule has 5 aliphatic heterocycles. The number of carboxylic acid groups (broad SMARTS) is 1. The summed E-state index contributed by atoms with van der Waals surface area (Å²) in [5, 5.41) is 68.1. The number of carboxylic acids is 1. The van der Waals surface area contributed by atoms with Crippen LogP contribution in [-0.2, 0) is 154 Å². The highest BCUT2D eigenvalue weighted by Crippen LogP contribution is 2.53. The Morgan fingerprint density at radius 1 is 0.636 bits per heavy atom. The monoisotopic (exact) mass is 1960 g/mol. The highest BCUT2D eigenvalue weighted by molar-refractivity contribution is 5.96. The highest BCUT2D eigenvalue weighted by atomic mass is 19.1. The van der Waals surface area contributed by atoms with Gasteiger partial charge >= 0.3 is 18.0 Å². The number of aliphatic hydroxyl groups excluding tert-OH is 3. The molecular formula is C99H126FN9O31. The molecule has 7 amide bonds. The van der Waals surface area contributed by atoms with Gasteiger partial charge < -0.3 is 142 Å². The number of anilines is 1. The molecule has 8 atom stereocenters. The maximum absolute atomic E-state index is 15.8. The molecule has 0 radical (unpaired) electrons. The van der Waals surface area contributed by atoms with Crippen LogP contribution in [0.3, 0.4) is 0 Å². The average Bonchev–Trinajstić information content (AvgIpc) is 1.52. The number of carbonyl (C=O) groups excluding carboxylic acids is 8. The van der Waals surface area contributed by atoms with Crippen molar-refractivity contribution in [3.8, 4) is 29.0 Å². The van der Waals surface area contributed by atoms with Gasteiger partial charge in [0, 0.05) is 116 Å². The second-order valence-electron chi connectivity index (χ2n) is 35.0. The number of para-hydroxylation sites is 1. The standard InChI is InChI=1S/C99H126FN9O31/c1-4-99(124)72-50-78-86-70(57-109(78)93(119)71(72)59-137-96(99)122)85-74(21-20-69-62(2)73(100)51-75(104-86)84(69)85)106-97(123)138-58-63-17-22-79(139-95-89(116)87(114)88(115)90(140-95)94(120)121)67(49-63)54-102-80(110)23-25-101-92(118)76(105-91(117)68-52-98(53-68)60-107(61-98)82(112)15-9-10-16-83(113)108-56-66-13-6-5-11-64(66)18-19-65-12-7-8-14-77(65)108)55-103-81(111)24-26-126-29-30-128-33-34-130-37-38-132-41-42-134-45-46-136-48-47-135-44-43-133-40-39-131-36-35-129-32-31-127-28-27-125-3/h5-8,11-14,17,22,49-51,68,74,76,87-90,95,114-116,124H,4,9-10,15-16,20-21,23-48,52-61H2,1-3H3,(H,101,118)(H,102,110)(H,103,111)(H,105,117)(H,106,123)(H,120,121). The fourth-order valence-corrected chi connectivity index (χ4v) is 17.8. The third-order valence-electron chi connectivity index (χ3n) is 25.4. The number of hydrogen-bond acceptors (Lipinski definition) is 31. The number of likely N-dealkylation sites (tertiary alicyclic amines) is 1. The Morgan fingerprint density at radius 2 is 1.21 bits per heavy atom. The number of alkyl carbamates (subject to hydrolysis) is 1. The number of halogens is 1. The number of benzene rings is 4. The van der Waals surface area contributed by atoms with E-state index in [0.29, 0.717) is 210 Å². The van der Waals surface area contributed by atoms with Gasteiger partial charge in [-0.05, 0) is 116 Å². The third kappa shape index (κ3) is 28.2. The van der Waals surface area contributed by atoms with E-state index in [-0.39, 0.29) is 154 Å². The number of carbonyl (C=O) groups is 9. The van der Waals surface area contributed by atoms with Crippen molar-refractivity contribution in [1.82, 2.24) is 41.0 Å². The van der Waals surface area contributed by atoms with Crippen LogP contribution in [0.25, 0.3) is 22.3 Å². The Kier molecular flexibility index (Phi) is 39.9. The molecule has 140 heavy (non-hydrogen) atoms. The third-order valence-corrected chi connectivity index (χ3v) is 25.4. The van der Waals surface area contributed by atoms with Gasteiger partial charge in [-0.1, -0.05) is 55.2 Å². The molecule has 0 bridgehead atoms. The lowest BCUT2D eigenvalue weighted by Crippen LogP contribution is -2.66. The SMILES string of the molecule is CCC1(O)C(=O)OCc2c1cc1n(c2=O)Cc2c-1nc1cc(F)c(C)c3c1c2C(NC(=O)OCc1ccc(OC2OC(C(=O)O)C(O)C(O)C2O)c(CNC(=O)CCNC(=O)C(CNC(=O)CCOCCOCCOCCOCCOCCOCCOCCOCCOCCOCCOCCOC)NC(=O)C2CC4(C2)CN(C(=O)CCCCC(=O)N2Cc5ccccc5C#Cc5ccccc52)C4)c1)CC3. The van der Waals surface area contributed by atoms with Crippen LogP contribution in [0.4, 0.5) is 14.9 Å². The van der Waals surface area contributed by atoms with E-state index in [2.05, 4.69) is 38.4 Å². The largest absolute Gasteiger partial charge is 0.479 e. The Labute approximate surface area is 808 Å². The molecule has 2 saturated heterocycles. The lowest BCUT2D eigenvalue weighted by Gasteiger charge is -2.58. The summed E-state index contributed by atoms with van der Waals surface area (Å²) < 4.78 is 105. The number of esters is 1. The van der Waals surface area contributed by atoms with Gasteiger partial charge in [0.25, 0.3) is 5.56 Å². The Balaban J connectivity index is 0.557. The fourth-order valence-electron chi connectivity index (χ4n) is 17.8. The number of nitrogens with one attached hydrogen (secondary N) is 5. The van der Waals surface area contributed by atoms with Gasteiger partial charge in [0.2, 0.25) is 41.7 Å². The molecule has 13 rings (SSSR count). The number of rotatable bonds is 58. The van der Waals surface area contributed by atoms with E-state index in [1.165, 1.54) is 34.9 Å². The smallest absolute Gasteiger partial charge is 0.407 e. The molecule has 7 aliphatic rings. The summed E-state index contributed by atoms with van der Waals surface area (Å²) in [5.74, 6) is 0.120. The van der Waals surface area contributed by atoms with E-state index in [1.807, 2.05) is 48.5 Å². The topological polar surface area (TPSA) is 504 Å². The number of aliphatic carboxylic acids is 1. The van der Waals surface area contributed by atoms with Crippen molar-refractivity contribution >= 4 is 70.1 Å². The van der Waals surface area contributed by atoms with Gasteiger partial charge in [-0.3, -0.25) is 33.6 Å². The number of ether oxygens (including phenoxy) is 16. The predicted octanol–water partition coefficient (Wildman–Crippen LogP) is 3.40. The van der Waals surface area contributed by atoms with Gasteiger partial charge in [0.1, 0.15) is 49.1 Å². The van der Waals surface area contributed by atoms with Crippen molar-refractivity contribution in [3.05, 3.63) is 156 Å². The minimum atomic E-state index is -2.13. The van der Waals surface area contributed by atoms with Crippen LogP contribution in [0.15, 0.2) is 83.7 Å². The number of pyridine rings is 2. The first-order valence-corrected chi connectivity index (χ1v) is 47.5. The molecule has 1 spiro atoms. The Bertz CT molecular complexity index is 5410. The summed E-state index contributed by atoms with van der Waals surface area (Å²) in [6.45, 7) is 11.4. The van der Waals surface area contributed by atoms with Crippen LogP contribution < -0.4 is 41.8 Å². The van der Waals surface area contributed by atoms with E-state index >= 15 is 4.39 Å². The second-order valence-corrected chi connectivity index (χ2v) is 35.0. The highest BCUT2D eigenvalue weighted by Gasteiger charge is 2.56. The first kappa shape index (κ1) is 106. The van der Waals surface area contributed by atoms with E-state index in [0.717, 1.165) is 22.4 Å². The molecular weight excluding hydrogens is 1830 g/mol. The number of aromatic nitrogens is 2. The number of fused-ring (bicyclic) bond motifs is 7. The molecule has 40 nitrogen and oxygen atoms in total. The number of cyclic esters (lactones) is 1. The van der Waals surface area contributed by atoms with Crippen molar-refractivity contribution in [3.63, 3.8) is 0 Å². The Hall–Kier alpha value is -11.1. The molecule has 2 aromatic heterocycles. The van der Waals surface area contributed by atoms with Crippen LogP contribution in [-0.4, -0.2) is 315 Å². The molecule has 8 unspecified atom stereocenters. The zero-order chi connectivity index (χ0) is 99.1. The predicted molar refractivity (Wildman–Crippen MR) is 495 cm³/mol. The van der Waals surface area contributed by atoms with E-state index in [4.69, 9.17) is 80.8 Å². The molecule has 10 N–H and O–H groups in total. The summed E-state index contributed by atoms with van der Waals surface area (Å²) in [7, 11) is 1.62. The van der Waals surface area contributed by atoms with Gasteiger partial charge in [0.15, 0.2) is 11.7 Å². The van der Waals surface area contributed by atoms with E-state index in [1.54, 1.807) is 30.8 Å². The lowest BCUT2D eigenvalue weighted by molar-refractivity contribution is -0.271. The van der Waals surface area contributed by atoms with Crippen LogP contribution >= 0.6 is 0 Å². The van der Waals surface area contributed by atoms with Gasteiger partial charge in [-0.15, -0.1) is 0 Å². The summed E-state index contributed by atoms with van der Waals surface area (Å²) in [4.78, 5) is 145. The number of methoxy groups -OCH3 is 1. The summed E-state index contributed by atoms with van der Waals surface area (Å²) in [6, 6.07) is 20.2. The first-order valence-electron chi connectivity index (χ1n) is 47.5. The zero-order valence-electron chi connectivity index (χ0n) is 79.0. The van der Waals surface area contributed by atoms with Gasteiger partial charge in [0.05, 0.1) is 199 Å². The number of amides is 7. The minimum Gasteiger partial charge on any atom is -0.479 e. The lowest BCUT2D eigenvalue weighted by atomic mass is 9.57. The Morgan fingerprint density at radius 3 is 1.83 bits per heavy atom. The molecule has 3 fully saturated rings. The van der Waals surface area contributed by atoms with Gasteiger partial charge in [-0.2, -0.15) is 0 Å². The molecule has 2 aliphatic carbocycles. The zero-order valence-corrected chi connectivity index (χ0v) is 79.0. The quantitative estimate of drug-likeness (QED) is 0.0148.